The normalized spacial score (nSPS) is 22.9. The van der Waals surface area contributed by atoms with Crippen LogP contribution in [0.2, 0.25) is 0 Å². The first-order valence-corrected chi connectivity index (χ1v) is 6.71. The van der Waals surface area contributed by atoms with Gasteiger partial charge in [0.25, 0.3) is 0 Å². The number of hydrogen-bond donors (Lipinski definition) is 2. The Morgan fingerprint density at radius 2 is 2.29 bits per heavy atom. The molecule has 1 atom stereocenters. The molecule has 1 aliphatic carbocycles. The van der Waals surface area contributed by atoms with E-state index in [0.717, 1.165) is 0 Å². The van der Waals surface area contributed by atoms with Crippen molar-refractivity contribution in [3.8, 4) is 0 Å². The van der Waals surface area contributed by atoms with E-state index >= 15 is 0 Å². The Balaban J connectivity index is 1.60. The molecule has 1 saturated heterocycles. The first kappa shape index (κ1) is 10.9. The van der Waals surface area contributed by atoms with E-state index in [4.69, 9.17) is 0 Å². The van der Waals surface area contributed by atoms with Gasteiger partial charge in [0.1, 0.15) is 0 Å². The fourth-order valence-corrected chi connectivity index (χ4v) is 3.63. The van der Waals surface area contributed by atoms with Crippen molar-refractivity contribution in [2.45, 2.75) is 38.3 Å². The highest BCUT2D eigenvalue weighted by Crippen LogP contribution is 2.30. The van der Waals surface area contributed by atoms with Gasteiger partial charge in [-0.15, -0.1) is 11.3 Å². The molecule has 4 nitrogen and oxygen atoms in total. The monoisotopic (exact) mass is 250 g/mol. The summed E-state index contributed by atoms with van der Waals surface area (Å²) in [5, 5.41) is 5.45. The molecule has 0 radical (unpaired) electrons. The Bertz CT molecular complexity index is 459. The maximum atomic E-state index is 11.4. The maximum Gasteiger partial charge on any atom is 0.244 e. The minimum Gasteiger partial charge on any atom is -0.300 e. The number of nitrogens with one attached hydrogen (secondary N) is 2. The second-order valence-electron chi connectivity index (χ2n) is 4.56. The third-order valence-electron chi connectivity index (χ3n) is 3.29. The molecule has 2 heterocycles. The molecule has 2 amide bonds. The lowest BCUT2D eigenvalue weighted by molar-refractivity contribution is -0.125. The van der Waals surface area contributed by atoms with Gasteiger partial charge < -0.3 is 5.32 Å². The van der Waals surface area contributed by atoms with Gasteiger partial charge in [0, 0.05) is 16.3 Å². The van der Waals surface area contributed by atoms with Crippen molar-refractivity contribution in [1.29, 1.82) is 0 Å². The minimum atomic E-state index is -0.348. The second kappa shape index (κ2) is 4.23. The Hall–Kier alpha value is -1.20. The van der Waals surface area contributed by atoms with Crippen molar-refractivity contribution < 1.29 is 9.59 Å². The molecule has 2 aliphatic rings. The van der Waals surface area contributed by atoms with Crippen LogP contribution in [0.3, 0.4) is 0 Å². The minimum absolute atomic E-state index is 0.179. The Morgan fingerprint density at radius 1 is 1.41 bits per heavy atom. The SMILES string of the molecule is O=C1CC(NCc2cc3c(s2)CCC3)C(=O)N1. The summed E-state index contributed by atoms with van der Waals surface area (Å²) in [4.78, 5) is 25.1. The smallest absolute Gasteiger partial charge is 0.244 e. The zero-order valence-electron chi connectivity index (χ0n) is 9.41. The molecule has 5 heteroatoms. The van der Waals surface area contributed by atoms with Crippen LogP contribution in [0.15, 0.2) is 6.07 Å². The average Bonchev–Trinajstić information content (AvgIpc) is 2.89. The topological polar surface area (TPSA) is 58.2 Å². The largest absolute Gasteiger partial charge is 0.300 e. The standard InChI is InChI=1S/C12H14N2O2S/c15-11-5-9(12(16)14-11)13-6-8-4-7-2-1-3-10(7)17-8/h4,9,13H,1-3,5-6H2,(H,14,15,16). The summed E-state index contributed by atoms with van der Waals surface area (Å²) in [6.07, 6.45) is 3.93. The highest BCUT2D eigenvalue weighted by molar-refractivity contribution is 7.12. The lowest BCUT2D eigenvalue weighted by atomic mass is 10.2. The fourth-order valence-electron chi connectivity index (χ4n) is 2.42. The molecule has 0 bridgehead atoms. The van der Waals surface area contributed by atoms with Gasteiger partial charge in [0.2, 0.25) is 11.8 Å². The number of fused-ring (bicyclic) bond motifs is 1. The van der Waals surface area contributed by atoms with Crippen LogP contribution in [0.25, 0.3) is 0 Å². The number of thiophene rings is 1. The molecular weight excluding hydrogens is 236 g/mol. The van der Waals surface area contributed by atoms with Crippen LogP contribution >= 0.6 is 11.3 Å². The zero-order valence-corrected chi connectivity index (χ0v) is 10.2. The molecule has 0 saturated carbocycles. The van der Waals surface area contributed by atoms with Gasteiger partial charge in [-0.25, -0.2) is 0 Å². The molecule has 2 N–H and O–H groups in total. The first-order chi connectivity index (χ1) is 8.22. The van der Waals surface area contributed by atoms with Gasteiger partial charge in [-0.3, -0.25) is 14.9 Å². The number of aryl methyl sites for hydroxylation is 2. The van der Waals surface area contributed by atoms with E-state index in [-0.39, 0.29) is 24.3 Å². The van der Waals surface area contributed by atoms with Gasteiger partial charge in [0.05, 0.1) is 12.5 Å². The van der Waals surface area contributed by atoms with Gasteiger partial charge in [-0.2, -0.15) is 0 Å². The molecule has 1 aromatic rings. The summed E-state index contributed by atoms with van der Waals surface area (Å²) in [5.74, 6) is -0.375. The highest BCUT2D eigenvalue weighted by Gasteiger charge is 2.30. The van der Waals surface area contributed by atoms with E-state index < -0.39 is 0 Å². The van der Waals surface area contributed by atoms with Crippen LogP contribution in [0, 0.1) is 0 Å². The van der Waals surface area contributed by atoms with Crippen LogP contribution in [-0.2, 0) is 29.0 Å². The van der Waals surface area contributed by atoms with E-state index in [0.29, 0.717) is 6.54 Å². The summed E-state index contributed by atoms with van der Waals surface area (Å²) in [5.41, 5.74) is 1.47. The number of carbonyl (C=O) groups is 2. The Morgan fingerprint density at radius 3 is 3.00 bits per heavy atom. The van der Waals surface area contributed by atoms with E-state index in [1.807, 2.05) is 11.3 Å². The second-order valence-corrected chi connectivity index (χ2v) is 5.79. The molecule has 17 heavy (non-hydrogen) atoms. The number of rotatable bonds is 3. The molecule has 0 aromatic carbocycles. The molecular formula is C12H14N2O2S. The lowest BCUT2D eigenvalue weighted by Crippen LogP contribution is -2.35. The van der Waals surface area contributed by atoms with Crippen molar-refractivity contribution in [2.24, 2.45) is 0 Å². The van der Waals surface area contributed by atoms with Crippen molar-refractivity contribution in [3.63, 3.8) is 0 Å². The van der Waals surface area contributed by atoms with Gasteiger partial charge >= 0.3 is 0 Å². The molecule has 0 spiro atoms. The van der Waals surface area contributed by atoms with Crippen LogP contribution < -0.4 is 10.6 Å². The van der Waals surface area contributed by atoms with Crippen molar-refractivity contribution >= 4 is 23.2 Å². The van der Waals surface area contributed by atoms with Crippen molar-refractivity contribution in [1.82, 2.24) is 10.6 Å². The van der Waals surface area contributed by atoms with Crippen LogP contribution in [-0.4, -0.2) is 17.9 Å². The van der Waals surface area contributed by atoms with Crippen molar-refractivity contribution in [2.75, 3.05) is 0 Å². The predicted molar refractivity (Wildman–Crippen MR) is 64.7 cm³/mol. The summed E-state index contributed by atoms with van der Waals surface area (Å²) >= 11 is 1.83. The molecule has 1 fully saturated rings. The number of carbonyl (C=O) groups excluding carboxylic acids is 2. The number of hydrogen-bond acceptors (Lipinski definition) is 4. The fraction of sp³-hybridized carbons (Fsp3) is 0.500. The van der Waals surface area contributed by atoms with Crippen LogP contribution in [0.5, 0.6) is 0 Å². The van der Waals surface area contributed by atoms with Crippen LogP contribution in [0.4, 0.5) is 0 Å². The predicted octanol–water partition coefficient (Wildman–Crippen LogP) is 0.741. The van der Waals surface area contributed by atoms with Gasteiger partial charge in [0.15, 0.2) is 0 Å². The quantitative estimate of drug-likeness (QED) is 0.778. The van der Waals surface area contributed by atoms with Crippen LogP contribution in [0.1, 0.15) is 28.2 Å². The van der Waals surface area contributed by atoms with E-state index in [1.54, 1.807) is 0 Å². The lowest BCUT2D eigenvalue weighted by Gasteiger charge is -2.07. The van der Waals surface area contributed by atoms with E-state index in [1.165, 1.54) is 34.6 Å². The third kappa shape index (κ3) is 2.12. The van der Waals surface area contributed by atoms with Crippen molar-refractivity contribution in [3.05, 3.63) is 21.4 Å². The third-order valence-corrected chi connectivity index (χ3v) is 4.53. The summed E-state index contributed by atoms with van der Waals surface area (Å²) in [7, 11) is 0. The molecule has 90 valence electrons. The summed E-state index contributed by atoms with van der Waals surface area (Å²) < 4.78 is 0. The number of amides is 2. The molecule has 1 aliphatic heterocycles. The molecule has 3 rings (SSSR count). The Labute approximate surface area is 103 Å². The van der Waals surface area contributed by atoms with E-state index in [2.05, 4.69) is 16.7 Å². The van der Waals surface area contributed by atoms with Gasteiger partial charge in [-0.1, -0.05) is 0 Å². The summed E-state index contributed by atoms with van der Waals surface area (Å²) in [6, 6.07) is 1.88. The molecule has 1 unspecified atom stereocenters. The summed E-state index contributed by atoms with van der Waals surface area (Å²) in [6.45, 7) is 0.684. The zero-order chi connectivity index (χ0) is 11.8. The Kier molecular flexibility index (Phi) is 2.72. The maximum absolute atomic E-state index is 11.4. The number of imide groups is 1. The van der Waals surface area contributed by atoms with E-state index in [9.17, 15) is 9.59 Å². The highest BCUT2D eigenvalue weighted by atomic mass is 32.1. The average molecular weight is 250 g/mol. The van der Waals surface area contributed by atoms with Gasteiger partial charge in [-0.05, 0) is 30.9 Å². The molecule has 1 aromatic heterocycles. The first-order valence-electron chi connectivity index (χ1n) is 5.90.